The monoisotopic (exact) mass is 287 g/mol. The Balaban J connectivity index is 2.94. The number of unbranched alkanes of at least 4 members (excludes halogenated alkanes) is 2. The zero-order valence-electron chi connectivity index (χ0n) is 11.1. The minimum Gasteiger partial charge on any atom is -0.295 e. The van der Waals surface area contributed by atoms with E-state index in [4.69, 9.17) is 0 Å². The quantitative estimate of drug-likeness (QED) is 0.619. The topological polar surface area (TPSA) is 63.2 Å². The number of rotatable bonds is 7. The number of nitrogens with one attached hydrogen (secondary N) is 1. The molecule has 0 saturated carbocycles. The predicted molar refractivity (Wildman–Crippen MR) is 71.1 cm³/mol. The van der Waals surface area contributed by atoms with Crippen LogP contribution in [0.4, 0.5) is 4.39 Å². The molecular formula is C13H18FNO3S. The van der Waals surface area contributed by atoms with E-state index in [1.54, 1.807) is 0 Å². The molecule has 4 nitrogen and oxygen atoms in total. The Bertz CT molecular complexity index is 555. The maximum Gasteiger partial charge on any atom is 0.243 e. The molecule has 0 amide bonds. The molecule has 0 aliphatic rings. The Hall–Kier alpha value is -1.27. The number of Topliss-reactive ketones (excluding diaryl/α,β-unsaturated/α-hetero) is 1. The van der Waals surface area contributed by atoms with Crippen LogP contribution in [0, 0.1) is 5.82 Å². The molecule has 1 aromatic rings. The lowest BCUT2D eigenvalue weighted by molar-refractivity contribution is 0.101. The highest BCUT2D eigenvalue weighted by Crippen LogP contribution is 2.16. The molecule has 0 atom stereocenters. The lowest BCUT2D eigenvalue weighted by Gasteiger charge is -2.08. The number of hydrogen-bond acceptors (Lipinski definition) is 3. The fraction of sp³-hybridized carbons (Fsp3) is 0.462. The summed E-state index contributed by atoms with van der Waals surface area (Å²) in [6, 6.07) is 3.34. The van der Waals surface area contributed by atoms with Gasteiger partial charge in [-0.1, -0.05) is 19.8 Å². The standard InChI is InChI=1S/C13H18FNO3S/c1-3-4-5-8-15-19(17,18)13-9-11(10(2)16)6-7-12(13)14/h6-7,9,15H,3-5,8H2,1-2H3. The average Bonchev–Trinajstić information content (AvgIpc) is 2.34. The van der Waals surface area contributed by atoms with Gasteiger partial charge in [-0.25, -0.2) is 17.5 Å². The van der Waals surface area contributed by atoms with Crippen molar-refractivity contribution in [1.82, 2.24) is 4.72 Å². The van der Waals surface area contributed by atoms with E-state index in [0.717, 1.165) is 25.0 Å². The minimum absolute atomic E-state index is 0.176. The van der Waals surface area contributed by atoms with Gasteiger partial charge >= 0.3 is 0 Å². The van der Waals surface area contributed by atoms with Gasteiger partial charge in [0, 0.05) is 12.1 Å². The summed E-state index contributed by atoms with van der Waals surface area (Å²) in [5.41, 5.74) is 0.176. The van der Waals surface area contributed by atoms with Gasteiger partial charge < -0.3 is 0 Å². The first kappa shape index (κ1) is 15.8. The normalized spacial score (nSPS) is 11.5. The van der Waals surface area contributed by atoms with Crippen LogP contribution < -0.4 is 4.72 Å². The number of benzene rings is 1. The van der Waals surface area contributed by atoms with Gasteiger partial charge in [0.15, 0.2) is 5.78 Å². The fourth-order valence-electron chi connectivity index (χ4n) is 1.59. The number of halogens is 1. The summed E-state index contributed by atoms with van der Waals surface area (Å²) in [5.74, 6) is -1.16. The Morgan fingerprint density at radius 2 is 2.00 bits per heavy atom. The first-order valence-corrected chi connectivity index (χ1v) is 7.67. The molecule has 0 aromatic heterocycles. The number of sulfonamides is 1. The first-order valence-electron chi connectivity index (χ1n) is 6.18. The van der Waals surface area contributed by atoms with Crippen molar-refractivity contribution in [2.45, 2.75) is 38.0 Å². The molecule has 1 aromatic carbocycles. The zero-order chi connectivity index (χ0) is 14.5. The second-order valence-corrected chi connectivity index (χ2v) is 6.04. The van der Waals surface area contributed by atoms with Crippen LogP contribution >= 0.6 is 0 Å². The predicted octanol–water partition coefficient (Wildman–Crippen LogP) is 2.50. The molecule has 19 heavy (non-hydrogen) atoms. The third kappa shape index (κ3) is 4.40. The molecule has 0 fully saturated rings. The van der Waals surface area contributed by atoms with E-state index >= 15 is 0 Å². The van der Waals surface area contributed by atoms with Crippen LogP contribution in [0.1, 0.15) is 43.5 Å². The van der Waals surface area contributed by atoms with Gasteiger partial charge in [-0.3, -0.25) is 4.79 Å². The first-order chi connectivity index (χ1) is 8.88. The van der Waals surface area contributed by atoms with Crippen molar-refractivity contribution >= 4 is 15.8 Å². The molecule has 0 bridgehead atoms. The minimum atomic E-state index is -3.90. The number of ketones is 1. The Labute approximate surface area is 113 Å². The molecule has 0 spiro atoms. The van der Waals surface area contributed by atoms with Gasteiger partial charge in [-0.15, -0.1) is 0 Å². The second kappa shape index (κ2) is 6.77. The van der Waals surface area contributed by atoms with E-state index in [9.17, 15) is 17.6 Å². The van der Waals surface area contributed by atoms with E-state index in [1.165, 1.54) is 13.0 Å². The van der Waals surface area contributed by atoms with E-state index in [0.29, 0.717) is 6.42 Å². The van der Waals surface area contributed by atoms with Gasteiger partial charge in [0.2, 0.25) is 10.0 Å². The molecule has 6 heteroatoms. The van der Waals surface area contributed by atoms with Gasteiger partial charge in [-0.05, 0) is 31.5 Å². The van der Waals surface area contributed by atoms with Crippen LogP contribution in [0.5, 0.6) is 0 Å². The Morgan fingerprint density at radius 3 is 2.58 bits per heavy atom. The number of carbonyl (C=O) groups excluding carboxylic acids is 1. The van der Waals surface area contributed by atoms with Crippen LogP contribution in [0.15, 0.2) is 23.1 Å². The van der Waals surface area contributed by atoms with Crippen molar-refractivity contribution < 1.29 is 17.6 Å². The van der Waals surface area contributed by atoms with Crippen molar-refractivity contribution in [1.29, 1.82) is 0 Å². The molecule has 0 aliphatic heterocycles. The highest BCUT2D eigenvalue weighted by atomic mass is 32.2. The van der Waals surface area contributed by atoms with E-state index in [-0.39, 0.29) is 17.9 Å². The zero-order valence-corrected chi connectivity index (χ0v) is 11.9. The summed E-state index contributed by atoms with van der Waals surface area (Å²) < 4.78 is 39.8. The van der Waals surface area contributed by atoms with Gasteiger partial charge in [0.1, 0.15) is 10.7 Å². The van der Waals surface area contributed by atoms with Crippen LogP contribution in [-0.2, 0) is 10.0 Å². The fourth-order valence-corrected chi connectivity index (χ4v) is 2.76. The lowest BCUT2D eigenvalue weighted by Crippen LogP contribution is -2.26. The molecule has 1 N–H and O–H groups in total. The summed E-state index contributed by atoms with van der Waals surface area (Å²) in [7, 11) is -3.90. The summed E-state index contributed by atoms with van der Waals surface area (Å²) in [6.07, 6.45) is 2.57. The molecule has 0 radical (unpaired) electrons. The van der Waals surface area contributed by atoms with Crippen LogP contribution in [-0.4, -0.2) is 20.7 Å². The molecule has 0 unspecified atom stereocenters. The third-order valence-corrected chi connectivity index (χ3v) is 4.18. The molecule has 1 rings (SSSR count). The largest absolute Gasteiger partial charge is 0.295 e. The molecular weight excluding hydrogens is 269 g/mol. The van der Waals surface area contributed by atoms with Crippen LogP contribution in [0.3, 0.4) is 0 Å². The summed E-state index contributed by atoms with van der Waals surface area (Å²) >= 11 is 0. The maximum atomic E-state index is 13.6. The van der Waals surface area contributed by atoms with Gasteiger partial charge in [0.25, 0.3) is 0 Å². The van der Waals surface area contributed by atoms with E-state index in [2.05, 4.69) is 4.72 Å². The molecule has 106 valence electrons. The Kier molecular flexibility index (Phi) is 5.62. The Morgan fingerprint density at radius 1 is 1.32 bits per heavy atom. The molecule has 0 aliphatic carbocycles. The SMILES string of the molecule is CCCCCNS(=O)(=O)c1cc(C(C)=O)ccc1F. The van der Waals surface area contributed by atoms with Gasteiger partial charge in [-0.2, -0.15) is 0 Å². The molecule has 0 heterocycles. The lowest BCUT2D eigenvalue weighted by atomic mass is 10.1. The summed E-state index contributed by atoms with van der Waals surface area (Å²) in [6.45, 7) is 3.57. The number of hydrogen-bond donors (Lipinski definition) is 1. The second-order valence-electron chi connectivity index (χ2n) is 4.31. The van der Waals surface area contributed by atoms with E-state index in [1.807, 2.05) is 6.92 Å². The van der Waals surface area contributed by atoms with Crippen LogP contribution in [0.2, 0.25) is 0 Å². The van der Waals surface area contributed by atoms with Crippen molar-refractivity contribution in [3.05, 3.63) is 29.6 Å². The van der Waals surface area contributed by atoms with Crippen molar-refractivity contribution in [2.75, 3.05) is 6.54 Å². The molecule has 0 saturated heterocycles. The smallest absolute Gasteiger partial charge is 0.243 e. The average molecular weight is 287 g/mol. The highest BCUT2D eigenvalue weighted by molar-refractivity contribution is 7.89. The van der Waals surface area contributed by atoms with Crippen molar-refractivity contribution in [2.24, 2.45) is 0 Å². The van der Waals surface area contributed by atoms with Crippen LogP contribution in [0.25, 0.3) is 0 Å². The van der Waals surface area contributed by atoms with Gasteiger partial charge in [0.05, 0.1) is 0 Å². The highest BCUT2D eigenvalue weighted by Gasteiger charge is 2.19. The van der Waals surface area contributed by atoms with Crippen molar-refractivity contribution in [3.8, 4) is 0 Å². The number of carbonyl (C=O) groups is 1. The van der Waals surface area contributed by atoms with Crippen molar-refractivity contribution in [3.63, 3.8) is 0 Å². The summed E-state index contributed by atoms with van der Waals surface area (Å²) in [5, 5.41) is 0. The summed E-state index contributed by atoms with van der Waals surface area (Å²) in [4.78, 5) is 10.7. The van der Waals surface area contributed by atoms with E-state index < -0.39 is 20.7 Å². The maximum absolute atomic E-state index is 13.6. The third-order valence-electron chi connectivity index (χ3n) is 2.70.